The Morgan fingerprint density at radius 2 is 1.95 bits per heavy atom. The van der Waals surface area contributed by atoms with Gasteiger partial charge in [-0.25, -0.2) is 4.98 Å². The average molecular weight is 272 g/mol. The number of aromatic nitrogens is 3. The van der Waals surface area contributed by atoms with Gasteiger partial charge in [0.15, 0.2) is 0 Å². The SMILES string of the molecule is CCCNC(Cc1ncnn1CC)c1ccc(C)cc1. The fourth-order valence-electron chi connectivity index (χ4n) is 2.32. The first kappa shape index (κ1) is 14.7. The van der Waals surface area contributed by atoms with Crippen LogP contribution in [0.2, 0.25) is 0 Å². The van der Waals surface area contributed by atoms with Gasteiger partial charge in [-0.05, 0) is 32.4 Å². The van der Waals surface area contributed by atoms with Crippen LogP contribution in [-0.4, -0.2) is 21.3 Å². The van der Waals surface area contributed by atoms with E-state index in [9.17, 15) is 0 Å². The summed E-state index contributed by atoms with van der Waals surface area (Å²) in [5.74, 6) is 1.04. The van der Waals surface area contributed by atoms with Gasteiger partial charge >= 0.3 is 0 Å². The lowest BCUT2D eigenvalue weighted by Gasteiger charge is -2.19. The first-order chi connectivity index (χ1) is 9.74. The third-order valence-electron chi connectivity index (χ3n) is 3.50. The second-order valence-corrected chi connectivity index (χ2v) is 5.11. The summed E-state index contributed by atoms with van der Waals surface area (Å²) < 4.78 is 1.97. The normalized spacial score (nSPS) is 12.6. The topological polar surface area (TPSA) is 42.7 Å². The highest BCUT2D eigenvalue weighted by molar-refractivity contribution is 5.24. The number of nitrogens with one attached hydrogen (secondary N) is 1. The monoisotopic (exact) mass is 272 g/mol. The van der Waals surface area contributed by atoms with Crippen molar-refractivity contribution in [3.8, 4) is 0 Å². The molecular weight excluding hydrogens is 248 g/mol. The van der Waals surface area contributed by atoms with Gasteiger partial charge in [0, 0.05) is 19.0 Å². The van der Waals surface area contributed by atoms with E-state index in [1.807, 2.05) is 4.68 Å². The third-order valence-corrected chi connectivity index (χ3v) is 3.50. The summed E-state index contributed by atoms with van der Waals surface area (Å²) in [6, 6.07) is 9.04. The molecule has 4 heteroatoms. The van der Waals surface area contributed by atoms with E-state index >= 15 is 0 Å². The fourth-order valence-corrected chi connectivity index (χ4v) is 2.32. The van der Waals surface area contributed by atoms with Gasteiger partial charge in [-0.15, -0.1) is 0 Å². The van der Waals surface area contributed by atoms with Crippen molar-refractivity contribution in [2.75, 3.05) is 6.54 Å². The summed E-state index contributed by atoms with van der Waals surface area (Å²) in [5.41, 5.74) is 2.61. The minimum atomic E-state index is 0.296. The molecule has 2 aromatic rings. The molecule has 1 aromatic heterocycles. The molecule has 0 aliphatic carbocycles. The van der Waals surface area contributed by atoms with Crippen LogP contribution in [0.25, 0.3) is 0 Å². The quantitative estimate of drug-likeness (QED) is 0.842. The number of hydrogen-bond acceptors (Lipinski definition) is 3. The molecule has 0 aliphatic rings. The minimum absolute atomic E-state index is 0.296. The number of benzene rings is 1. The number of aryl methyl sites for hydroxylation is 2. The van der Waals surface area contributed by atoms with Crippen LogP contribution in [0.3, 0.4) is 0 Å². The molecule has 2 rings (SSSR count). The molecule has 1 aromatic carbocycles. The summed E-state index contributed by atoms with van der Waals surface area (Å²) in [7, 11) is 0. The first-order valence-electron chi connectivity index (χ1n) is 7.41. The van der Waals surface area contributed by atoms with Crippen LogP contribution in [0.15, 0.2) is 30.6 Å². The summed E-state index contributed by atoms with van der Waals surface area (Å²) in [6.07, 6.45) is 3.64. The van der Waals surface area contributed by atoms with E-state index in [-0.39, 0.29) is 0 Å². The zero-order valence-corrected chi connectivity index (χ0v) is 12.6. The Labute approximate surface area is 121 Å². The Hall–Kier alpha value is -1.68. The minimum Gasteiger partial charge on any atom is -0.310 e. The van der Waals surface area contributed by atoms with E-state index in [0.29, 0.717) is 6.04 Å². The Morgan fingerprint density at radius 1 is 1.20 bits per heavy atom. The van der Waals surface area contributed by atoms with Crippen molar-refractivity contribution < 1.29 is 0 Å². The highest BCUT2D eigenvalue weighted by atomic mass is 15.3. The summed E-state index contributed by atoms with van der Waals surface area (Å²) in [5, 5.41) is 7.87. The molecule has 0 spiro atoms. The van der Waals surface area contributed by atoms with Gasteiger partial charge in [-0.2, -0.15) is 5.10 Å². The highest BCUT2D eigenvalue weighted by Crippen LogP contribution is 2.18. The second-order valence-electron chi connectivity index (χ2n) is 5.11. The van der Waals surface area contributed by atoms with Crippen LogP contribution in [0.4, 0.5) is 0 Å². The van der Waals surface area contributed by atoms with Gasteiger partial charge in [-0.3, -0.25) is 4.68 Å². The number of nitrogens with zero attached hydrogens (tertiary/aromatic N) is 3. The molecule has 20 heavy (non-hydrogen) atoms. The molecule has 0 fully saturated rings. The summed E-state index contributed by atoms with van der Waals surface area (Å²) in [4.78, 5) is 4.39. The molecule has 0 amide bonds. The van der Waals surface area contributed by atoms with Gasteiger partial charge in [-0.1, -0.05) is 36.8 Å². The number of hydrogen-bond donors (Lipinski definition) is 1. The van der Waals surface area contributed by atoms with E-state index in [1.54, 1.807) is 6.33 Å². The number of rotatable bonds is 7. The zero-order valence-electron chi connectivity index (χ0n) is 12.6. The Balaban J connectivity index is 2.17. The molecule has 108 valence electrons. The Kier molecular flexibility index (Phi) is 5.30. The molecule has 1 heterocycles. The van der Waals surface area contributed by atoms with Crippen molar-refractivity contribution in [2.24, 2.45) is 0 Å². The maximum atomic E-state index is 4.39. The van der Waals surface area contributed by atoms with Crippen LogP contribution < -0.4 is 5.32 Å². The lowest BCUT2D eigenvalue weighted by atomic mass is 10.0. The lowest BCUT2D eigenvalue weighted by molar-refractivity contribution is 0.497. The first-order valence-corrected chi connectivity index (χ1v) is 7.41. The van der Waals surface area contributed by atoms with Crippen molar-refractivity contribution in [3.05, 3.63) is 47.5 Å². The maximum Gasteiger partial charge on any atom is 0.138 e. The van der Waals surface area contributed by atoms with Crippen molar-refractivity contribution in [1.29, 1.82) is 0 Å². The van der Waals surface area contributed by atoms with Crippen molar-refractivity contribution >= 4 is 0 Å². The van der Waals surface area contributed by atoms with Gasteiger partial charge in [0.1, 0.15) is 12.2 Å². The lowest BCUT2D eigenvalue weighted by Crippen LogP contribution is -2.25. The zero-order chi connectivity index (χ0) is 14.4. The van der Waals surface area contributed by atoms with Crippen molar-refractivity contribution in [3.63, 3.8) is 0 Å². The van der Waals surface area contributed by atoms with E-state index in [0.717, 1.165) is 31.8 Å². The van der Waals surface area contributed by atoms with Gasteiger partial charge in [0.05, 0.1) is 0 Å². The average Bonchev–Trinajstić information content (AvgIpc) is 2.91. The molecule has 1 N–H and O–H groups in total. The van der Waals surface area contributed by atoms with Crippen molar-refractivity contribution in [2.45, 2.75) is 46.2 Å². The van der Waals surface area contributed by atoms with Gasteiger partial charge in [0.2, 0.25) is 0 Å². The largest absolute Gasteiger partial charge is 0.310 e. The van der Waals surface area contributed by atoms with Crippen LogP contribution in [0.5, 0.6) is 0 Å². The van der Waals surface area contributed by atoms with Crippen LogP contribution in [0.1, 0.15) is 43.3 Å². The maximum absolute atomic E-state index is 4.39. The Morgan fingerprint density at radius 3 is 2.60 bits per heavy atom. The van der Waals surface area contributed by atoms with Crippen LogP contribution in [-0.2, 0) is 13.0 Å². The molecule has 4 nitrogen and oxygen atoms in total. The molecule has 0 aliphatic heterocycles. The molecule has 1 unspecified atom stereocenters. The van der Waals surface area contributed by atoms with E-state index in [1.165, 1.54) is 11.1 Å². The Bertz CT molecular complexity index is 516. The summed E-state index contributed by atoms with van der Waals surface area (Å²) in [6.45, 7) is 8.28. The molecular formula is C16H24N4. The predicted molar refractivity (Wildman–Crippen MR) is 81.6 cm³/mol. The van der Waals surface area contributed by atoms with Gasteiger partial charge < -0.3 is 5.32 Å². The molecule has 0 radical (unpaired) electrons. The van der Waals surface area contributed by atoms with E-state index in [2.05, 4.69) is 60.4 Å². The van der Waals surface area contributed by atoms with Crippen LogP contribution in [0, 0.1) is 6.92 Å². The molecule has 0 bridgehead atoms. The third kappa shape index (κ3) is 3.67. The van der Waals surface area contributed by atoms with Crippen LogP contribution >= 0.6 is 0 Å². The predicted octanol–water partition coefficient (Wildman–Crippen LogP) is 2.89. The molecule has 0 saturated carbocycles. The molecule has 0 saturated heterocycles. The standard InChI is InChI=1S/C16H24N4/c1-4-10-17-15(14-8-6-13(3)7-9-14)11-16-18-12-19-20(16)5-2/h6-9,12,15,17H,4-5,10-11H2,1-3H3. The smallest absolute Gasteiger partial charge is 0.138 e. The van der Waals surface area contributed by atoms with Gasteiger partial charge in [0.25, 0.3) is 0 Å². The molecule has 1 atom stereocenters. The van der Waals surface area contributed by atoms with E-state index < -0.39 is 0 Å². The highest BCUT2D eigenvalue weighted by Gasteiger charge is 2.14. The van der Waals surface area contributed by atoms with E-state index in [4.69, 9.17) is 0 Å². The summed E-state index contributed by atoms with van der Waals surface area (Å²) >= 11 is 0. The van der Waals surface area contributed by atoms with Crippen molar-refractivity contribution in [1.82, 2.24) is 20.1 Å². The second kappa shape index (κ2) is 7.20. The fraction of sp³-hybridized carbons (Fsp3) is 0.500.